The maximum absolute atomic E-state index is 12.7. The number of aromatic nitrogens is 1. The van der Waals surface area contributed by atoms with Crippen LogP contribution in [0.15, 0.2) is 41.0 Å². The van der Waals surface area contributed by atoms with E-state index in [1.54, 1.807) is 11.9 Å². The number of hydrogen-bond acceptors (Lipinski definition) is 7. The molecule has 1 fully saturated rings. The highest BCUT2D eigenvalue weighted by Gasteiger charge is 2.23. The van der Waals surface area contributed by atoms with Crippen LogP contribution in [-0.4, -0.2) is 101 Å². The molecule has 3 rings (SSSR count). The number of piperazine rings is 1. The van der Waals surface area contributed by atoms with E-state index in [1.807, 2.05) is 37.4 Å². The second kappa shape index (κ2) is 11.6. The molecule has 1 aromatic carbocycles. The van der Waals surface area contributed by atoms with Crippen LogP contribution >= 0.6 is 0 Å². The molecule has 1 atom stereocenters. The van der Waals surface area contributed by atoms with Gasteiger partial charge in [0.25, 0.3) is 5.91 Å². The van der Waals surface area contributed by atoms with Crippen LogP contribution in [0.4, 0.5) is 0 Å². The lowest BCUT2D eigenvalue weighted by molar-refractivity contribution is 0.0469. The van der Waals surface area contributed by atoms with Gasteiger partial charge in [0.2, 0.25) is 5.89 Å². The molecule has 32 heavy (non-hydrogen) atoms. The van der Waals surface area contributed by atoms with Gasteiger partial charge in [0.1, 0.15) is 6.26 Å². The van der Waals surface area contributed by atoms with Crippen LogP contribution in [0.3, 0.4) is 0 Å². The highest BCUT2D eigenvalue weighted by Crippen LogP contribution is 2.12. The molecule has 1 aliphatic rings. The highest BCUT2D eigenvalue weighted by molar-refractivity contribution is 5.91. The third-order valence-corrected chi connectivity index (χ3v) is 6.05. The van der Waals surface area contributed by atoms with E-state index in [9.17, 15) is 9.90 Å². The lowest BCUT2D eigenvalue weighted by Gasteiger charge is -2.35. The maximum Gasteiger partial charge on any atom is 0.275 e. The van der Waals surface area contributed by atoms with Gasteiger partial charge < -0.3 is 19.3 Å². The number of likely N-dealkylation sites (N-methyl/N-ethyl adjacent to an activating group) is 1. The fourth-order valence-electron chi connectivity index (χ4n) is 3.83. The molecule has 1 aromatic heterocycles. The van der Waals surface area contributed by atoms with Crippen molar-refractivity contribution >= 4 is 5.91 Å². The summed E-state index contributed by atoms with van der Waals surface area (Å²) in [4.78, 5) is 25.5. The summed E-state index contributed by atoms with van der Waals surface area (Å²) in [6.07, 6.45) is 1.11. The first-order valence-corrected chi connectivity index (χ1v) is 11.4. The third kappa shape index (κ3) is 7.13. The van der Waals surface area contributed by atoms with E-state index >= 15 is 0 Å². The summed E-state index contributed by atoms with van der Waals surface area (Å²) in [7, 11) is 3.82. The first kappa shape index (κ1) is 24.4. The topological polar surface area (TPSA) is 76.3 Å². The standard InChI is InChI=1S/C24H37N5O3/c1-19(2)26(3)15-21(30)16-28-10-12-29(13-11-28)17-23-25-22(18-32-23)24(31)27(4)14-20-8-6-5-7-9-20/h5-9,18-19,21,30H,10-17H2,1-4H3. The van der Waals surface area contributed by atoms with E-state index in [1.165, 1.54) is 6.26 Å². The van der Waals surface area contributed by atoms with Crippen molar-refractivity contribution in [3.8, 4) is 0 Å². The SMILES string of the molecule is CC(C)N(C)CC(O)CN1CCN(Cc2nc(C(=O)N(C)Cc3ccccc3)co2)CC1. The molecule has 1 N–H and O–H groups in total. The third-order valence-electron chi connectivity index (χ3n) is 6.05. The Kier molecular flexibility index (Phi) is 8.81. The Bertz CT molecular complexity index is 833. The number of carbonyl (C=O) groups excluding carboxylic acids is 1. The molecule has 0 saturated carbocycles. The fourth-order valence-corrected chi connectivity index (χ4v) is 3.83. The van der Waals surface area contributed by atoms with Crippen molar-refractivity contribution in [3.05, 3.63) is 53.7 Å². The Balaban J connectivity index is 1.43. The van der Waals surface area contributed by atoms with Crippen molar-refractivity contribution in [3.63, 3.8) is 0 Å². The zero-order chi connectivity index (χ0) is 23.1. The highest BCUT2D eigenvalue weighted by atomic mass is 16.3. The summed E-state index contributed by atoms with van der Waals surface area (Å²) < 4.78 is 5.59. The molecule has 2 aromatic rings. The molecule has 1 amide bonds. The Morgan fingerprint density at radius 1 is 1.12 bits per heavy atom. The lowest BCUT2D eigenvalue weighted by atomic mass is 10.2. The number of aliphatic hydroxyl groups excluding tert-OH is 1. The number of oxazole rings is 1. The Labute approximate surface area is 191 Å². The molecule has 2 heterocycles. The van der Waals surface area contributed by atoms with Crippen LogP contribution in [-0.2, 0) is 13.1 Å². The number of carbonyl (C=O) groups is 1. The van der Waals surface area contributed by atoms with Gasteiger partial charge in [-0.05, 0) is 26.5 Å². The largest absolute Gasteiger partial charge is 0.447 e. The molecule has 1 aliphatic heterocycles. The minimum absolute atomic E-state index is 0.144. The van der Waals surface area contributed by atoms with Crippen molar-refractivity contribution in [2.45, 2.75) is 39.1 Å². The van der Waals surface area contributed by atoms with E-state index in [-0.39, 0.29) is 12.0 Å². The van der Waals surface area contributed by atoms with Crippen molar-refractivity contribution in [2.75, 3.05) is 53.4 Å². The number of β-amino-alcohol motifs (C(OH)–C–C–N with tert-alkyl or cyclic N) is 1. The van der Waals surface area contributed by atoms with Crippen LogP contribution in [0.25, 0.3) is 0 Å². The minimum atomic E-state index is -0.345. The lowest BCUT2D eigenvalue weighted by Crippen LogP contribution is -2.49. The van der Waals surface area contributed by atoms with Crippen molar-refractivity contribution in [1.82, 2.24) is 24.6 Å². The average molecular weight is 444 g/mol. The predicted octanol–water partition coefficient (Wildman–Crippen LogP) is 1.77. The van der Waals surface area contributed by atoms with Gasteiger partial charge >= 0.3 is 0 Å². The van der Waals surface area contributed by atoms with E-state index in [2.05, 4.69) is 33.5 Å². The van der Waals surface area contributed by atoms with E-state index < -0.39 is 0 Å². The number of nitrogens with zero attached hydrogens (tertiary/aromatic N) is 5. The Morgan fingerprint density at radius 3 is 2.44 bits per heavy atom. The van der Waals surface area contributed by atoms with Crippen molar-refractivity contribution in [1.29, 1.82) is 0 Å². The predicted molar refractivity (Wildman–Crippen MR) is 124 cm³/mol. The van der Waals surface area contributed by atoms with Gasteiger partial charge in [0, 0.05) is 58.9 Å². The molecule has 8 heteroatoms. The Hall–Kier alpha value is -2.26. The molecule has 0 bridgehead atoms. The Morgan fingerprint density at radius 2 is 1.78 bits per heavy atom. The summed E-state index contributed by atoms with van der Waals surface area (Å²) in [6, 6.07) is 10.3. The molecular weight excluding hydrogens is 406 g/mol. The monoisotopic (exact) mass is 443 g/mol. The number of amides is 1. The number of benzene rings is 1. The molecule has 0 aliphatic carbocycles. The van der Waals surface area contributed by atoms with E-state index in [4.69, 9.17) is 4.42 Å². The van der Waals surface area contributed by atoms with Crippen LogP contribution in [0.2, 0.25) is 0 Å². The van der Waals surface area contributed by atoms with Crippen molar-refractivity contribution < 1.29 is 14.3 Å². The summed E-state index contributed by atoms with van der Waals surface area (Å²) in [5.41, 5.74) is 1.42. The van der Waals surface area contributed by atoms with Crippen molar-refractivity contribution in [2.24, 2.45) is 0 Å². The van der Waals surface area contributed by atoms with Gasteiger partial charge in [-0.25, -0.2) is 4.98 Å². The fraction of sp³-hybridized carbons (Fsp3) is 0.583. The molecule has 1 saturated heterocycles. The van der Waals surface area contributed by atoms with Gasteiger partial charge in [-0.15, -0.1) is 0 Å². The van der Waals surface area contributed by atoms with Crippen LogP contribution in [0.1, 0.15) is 35.8 Å². The molecular formula is C24H37N5O3. The molecule has 0 radical (unpaired) electrons. The minimum Gasteiger partial charge on any atom is -0.447 e. The number of aliphatic hydroxyl groups is 1. The van der Waals surface area contributed by atoms with Gasteiger partial charge in [-0.3, -0.25) is 14.6 Å². The molecule has 176 valence electrons. The van der Waals surface area contributed by atoms with E-state index in [0.29, 0.717) is 43.8 Å². The normalized spacial score (nSPS) is 16.6. The summed E-state index contributed by atoms with van der Waals surface area (Å²) in [5, 5.41) is 10.4. The van der Waals surface area contributed by atoms with E-state index in [0.717, 1.165) is 31.7 Å². The van der Waals surface area contributed by atoms with Gasteiger partial charge in [-0.2, -0.15) is 0 Å². The zero-order valence-corrected chi connectivity index (χ0v) is 19.8. The van der Waals surface area contributed by atoms with Gasteiger partial charge in [-0.1, -0.05) is 30.3 Å². The first-order chi connectivity index (χ1) is 15.3. The quantitative estimate of drug-likeness (QED) is 0.600. The second-order valence-electron chi connectivity index (χ2n) is 9.04. The summed E-state index contributed by atoms with van der Waals surface area (Å²) in [5.74, 6) is 0.419. The number of hydrogen-bond donors (Lipinski definition) is 1. The van der Waals surface area contributed by atoms with Gasteiger partial charge in [0.15, 0.2) is 5.69 Å². The number of rotatable bonds is 10. The van der Waals surface area contributed by atoms with Gasteiger partial charge in [0.05, 0.1) is 12.6 Å². The van der Waals surface area contributed by atoms with Crippen LogP contribution in [0.5, 0.6) is 0 Å². The average Bonchev–Trinajstić information content (AvgIpc) is 3.23. The summed E-state index contributed by atoms with van der Waals surface area (Å²) >= 11 is 0. The van der Waals surface area contributed by atoms with Crippen LogP contribution < -0.4 is 0 Å². The summed E-state index contributed by atoms with van der Waals surface area (Å²) in [6.45, 7) is 10.3. The first-order valence-electron chi connectivity index (χ1n) is 11.4. The molecule has 8 nitrogen and oxygen atoms in total. The van der Waals surface area contributed by atoms with Crippen LogP contribution in [0, 0.1) is 0 Å². The second-order valence-corrected chi connectivity index (χ2v) is 9.04. The smallest absolute Gasteiger partial charge is 0.275 e. The maximum atomic E-state index is 12.7. The molecule has 0 spiro atoms. The molecule has 1 unspecified atom stereocenters. The zero-order valence-electron chi connectivity index (χ0n) is 19.8.